The number of rotatable bonds is 5. The molecule has 1 aliphatic heterocycles. The van der Waals surface area contributed by atoms with Gasteiger partial charge in [-0.25, -0.2) is 4.39 Å². The topological polar surface area (TPSA) is 93.5 Å². The first kappa shape index (κ1) is 14.4. The Kier molecular flexibility index (Phi) is 3.96. The van der Waals surface area contributed by atoms with Crippen LogP contribution < -0.4 is 10.6 Å². The monoisotopic (exact) mass is 283 g/mol. The fraction of sp³-hybridized carbons (Fsp3) is 0.417. The fourth-order valence-electron chi connectivity index (χ4n) is 1.72. The van der Waals surface area contributed by atoms with Crippen molar-refractivity contribution >= 4 is 17.3 Å². The second kappa shape index (κ2) is 5.51. The van der Waals surface area contributed by atoms with Crippen molar-refractivity contribution in [1.82, 2.24) is 5.32 Å². The number of non-ortho nitro benzene ring substituents is 1. The van der Waals surface area contributed by atoms with Gasteiger partial charge in [0.05, 0.1) is 22.3 Å². The number of carbonyl (C=O) groups excluding carboxylic acids is 1. The quantitative estimate of drug-likeness (QED) is 0.622. The van der Waals surface area contributed by atoms with Gasteiger partial charge >= 0.3 is 0 Å². The van der Waals surface area contributed by atoms with Crippen LogP contribution in [0.15, 0.2) is 18.2 Å². The van der Waals surface area contributed by atoms with Gasteiger partial charge in [0, 0.05) is 19.2 Å². The van der Waals surface area contributed by atoms with E-state index < -0.39 is 16.6 Å². The Balaban J connectivity index is 1.92. The maximum atomic E-state index is 13.6. The highest BCUT2D eigenvalue weighted by Crippen LogP contribution is 2.21. The largest absolute Gasteiger partial charge is 0.363 e. The Labute approximate surface area is 114 Å². The SMILES string of the molecule is CC1(OCC(=O)Nc2ccc([N+](=O)[O-])cc2F)CNC1. The standard InChI is InChI=1S/C12H14FN3O4/c1-12(6-14-7-12)20-5-11(17)15-10-3-2-8(16(18)19)4-9(10)13/h2-4,14H,5-7H2,1H3,(H,15,17). The number of halogens is 1. The molecule has 0 aliphatic carbocycles. The van der Waals surface area contributed by atoms with Crippen LogP contribution in [0.5, 0.6) is 0 Å². The van der Waals surface area contributed by atoms with E-state index >= 15 is 0 Å². The maximum absolute atomic E-state index is 13.6. The summed E-state index contributed by atoms with van der Waals surface area (Å²) in [7, 11) is 0. The minimum atomic E-state index is -0.857. The van der Waals surface area contributed by atoms with E-state index in [2.05, 4.69) is 10.6 Å². The molecule has 0 saturated carbocycles. The van der Waals surface area contributed by atoms with Crippen LogP contribution in [0.2, 0.25) is 0 Å². The van der Waals surface area contributed by atoms with Crippen molar-refractivity contribution in [3.63, 3.8) is 0 Å². The number of benzene rings is 1. The fourth-order valence-corrected chi connectivity index (χ4v) is 1.72. The van der Waals surface area contributed by atoms with Crippen LogP contribution in [-0.2, 0) is 9.53 Å². The predicted molar refractivity (Wildman–Crippen MR) is 68.9 cm³/mol. The summed E-state index contributed by atoms with van der Waals surface area (Å²) in [6.45, 7) is 2.98. The van der Waals surface area contributed by atoms with Crippen molar-refractivity contribution in [2.45, 2.75) is 12.5 Å². The molecular formula is C12H14FN3O4. The molecule has 1 aromatic carbocycles. The Morgan fingerprint density at radius 1 is 1.60 bits per heavy atom. The van der Waals surface area contributed by atoms with Crippen LogP contribution in [0.1, 0.15) is 6.92 Å². The predicted octanol–water partition coefficient (Wildman–Crippen LogP) is 1.05. The van der Waals surface area contributed by atoms with E-state index in [1.807, 2.05) is 6.92 Å². The number of nitrogens with one attached hydrogen (secondary N) is 2. The zero-order valence-corrected chi connectivity index (χ0v) is 10.8. The second-order valence-electron chi connectivity index (χ2n) is 4.81. The average molecular weight is 283 g/mol. The summed E-state index contributed by atoms with van der Waals surface area (Å²) in [5.74, 6) is -1.37. The average Bonchev–Trinajstić information content (AvgIpc) is 2.36. The molecule has 0 aromatic heterocycles. The molecule has 0 spiro atoms. The Bertz CT molecular complexity index is 546. The van der Waals surface area contributed by atoms with E-state index in [-0.39, 0.29) is 23.6 Å². The minimum absolute atomic E-state index is 0.110. The molecule has 1 heterocycles. The summed E-state index contributed by atoms with van der Waals surface area (Å²) in [6.07, 6.45) is 0. The molecular weight excluding hydrogens is 269 g/mol. The lowest BCUT2D eigenvalue weighted by Crippen LogP contribution is -2.59. The highest BCUT2D eigenvalue weighted by molar-refractivity contribution is 5.91. The summed E-state index contributed by atoms with van der Waals surface area (Å²) in [5.41, 5.74) is -0.850. The van der Waals surface area contributed by atoms with E-state index in [9.17, 15) is 19.3 Å². The van der Waals surface area contributed by atoms with E-state index in [0.29, 0.717) is 13.1 Å². The number of carbonyl (C=O) groups is 1. The first-order chi connectivity index (χ1) is 9.39. The van der Waals surface area contributed by atoms with Gasteiger partial charge in [-0.05, 0) is 13.0 Å². The second-order valence-corrected chi connectivity index (χ2v) is 4.81. The third-order valence-electron chi connectivity index (χ3n) is 2.99. The van der Waals surface area contributed by atoms with Gasteiger partial charge in [-0.2, -0.15) is 0 Å². The van der Waals surface area contributed by atoms with Gasteiger partial charge in [-0.3, -0.25) is 14.9 Å². The van der Waals surface area contributed by atoms with Crippen molar-refractivity contribution in [2.75, 3.05) is 25.0 Å². The number of ether oxygens (including phenoxy) is 1. The lowest BCUT2D eigenvalue weighted by Gasteiger charge is -2.38. The summed E-state index contributed by atoms with van der Waals surface area (Å²) in [5, 5.41) is 15.8. The summed E-state index contributed by atoms with van der Waals surface area (Å²) >= 11 is 0. The molecule has 20 heavy (non-hydrogen) atoms. The van der Waals surface area contributed by atoms with E-state index in [4.69, 9.17) is 4.74 Å². The van der Waals surface area contributed by atoms with Gasteiger partial charge < -0.3 is 15.4 Å². The third-order valence-corrected chi connectivity index (χ3v) is 2.99. The van der Waals surface area contributed by atoms with Gasteiger partial charge in [-0.1, -0.05) is 0 Å². The van der Waals surface area contributed by atoms with Gasteiger partial charge in [0.1, 0.15) is 6.61 Å². The lowest BCUT2D eigenvalue weighted by atomic mass is 10.0. The highest BCUT2D eigenvalue weighted by Gasteiger charge is 2.33. The van der Waals surface area contributed by atoms with Crippen LogP contribution in [0.3, 0.4) is 0 Å². The molecule has 0 unspecified atom stereocenters. The molecule has 1 fully saturated rings. The van der Waals surface area contributed by atoms with Crippen LogP contribution in [-0.4, -0.2) is 36.1 Å². The van der Waals surface area contributed by atoms with E-state index in [1.54, 1.807) is 0 Å². The number of hydrogen-bond acceptors (Lipinski definition) is 5. The van der Waals surface area contributed by atoms with Crippen LogP contribution in [0.25, 0.3) is 0 Å². The maximum Gasteiger partial charge on any atom is 0.272 e. The molecule has 108 valence electrons. The van der Waals surface area contributed by atoms with Crippen molar-refractivity contribution in [3.05, 3.63) is 34.1 Å². The smallest absolute Gasteiger partial charge is 0.272 e. The van der Waals surface area contributed by atoms with E-state index in [0.717, 1.165) is 18.2 Å². The number of anilines is 1. The molecule has 0 atom stereocenters. The molecule has 2 N–H and O–H groups in total. The zero-order valence-electron chi connectivity index (χ0n) is 10.8. The van der Waals surface area contributed by atoms with E-state index in [1.165, 1.54) is 0 Å². The van der Waals surface area contributed by atoms with Gasteiger partial charge in [0.2, 0.25) is 5.91 Å². The normalized spacial score (nSPS) is 16.3. The van der Waals surface area contributed by atoms with Gasteiger partial charge in [0.15, 0.2) is 5.82 Å². The molecule has 0 bridgehead atoms. The van der Waals surface area contributed by atoms with Crippen LogP contribution in [0, 0.1) is 15.9 Å². The first-order valence-electron chi connectivity index (χ1n) is 5.98. The van der Waals surface area contributed by atoms with Gasteiger partial charge in [-0.15, -0.1) is 0 Å². The Morgan fingerprint density at radius 3 is 2.80 bits per heavy atom. The molecule has 1 aliphatic rings. The summed E-state index contributed by atoms with van der Waals surface area (Å²) in [6, 6.07) is 3.03. The molecule has 0 radical (unpaired) electrons. The Hall–Kier alpha value is -2.06. The molecule has 2 rings (SSSR count). The summed E-state index contributed by atoms with van der Waals surface area (Å²) in [4.78, 5) is 21.4. The van der Waals surface area contributed by atoms with Crippen molar-refractivity contribution in [1.29, 1.82) is 0 Å². The van der Waals surface area contributed by atoms with Crippen LogP contribution in [0.4, 0.5) is 15.8 Å². The minimum Gasteiger partial charge on any atom is -0.363 e. The number of amides is 1. The third kappa shape index (κ3) is 3.28. The number of hydrogen-bond donors (Lipinski definition) is 2. The molecule has 1 saturated heterocycles. The first-order valence-corrected chi connectivity index (χ1v) is 5.98. The van der Waals surface area contributed by atoms with Gasteiger partial charge in [0.25, 0.3) is 5.69 Å². The molecule has 8 heteroatoms. The van der Waals surface area contributed by atoms with Crippen molar-refractivity contribution < 1.29 is 18.8 Å². The number of nitrogens with zero attached hydrogens (tertiary/aromatic N) is 1. The molecule has 1 amide bonds. The molecule has 1 aromatic rings. The molecule has 7 nitrogen and oxygen atoms in total. The number of nitro benzene ring substituents is 1. The summed E-state index contributed by atoms with van der Waals surface area (Å²) < 4.78 is 18.9. The van der Waals surface area contributed by atoms with Crippen molar-refractivity contribution in [3.8, 4) is 0 Å². The highest BCUT2D eigenvalue weighted by atomic mass is 19.1. The van der Waals surface area contributed by atoms with Crippen molar-refractivity contribution in [2.24, 2.45) is 0 Å². The Morgan fingerprint density at radius 2 is 2.30 bits per heavy atom. The zero-order chi connectivity index (χ0) is 14.8. The number of nitro groups is 1. The van der Waals surface area contributed by atoms with Crippen LogP contribution >= 0.6 is 0 Å². The lowest BCUT2D eigenvalue weighted by molar-refractivity contribution is -0.385.